The molecule has 1 heterocycles. The first-order valence-electron chi connectivity index (χ1n) is 6.98. The molecule has 0 unspecified atom stereocenters. The molecule has 1 aromatic rings. The van der Waals surface area contributed by atoms with E-state index in [9.17, 15) is 4.79 Å². The number of nitrogens with one attached hydrogen (secondary N) is 3. The van der Waals surface area contributed by atoms with Crippen molar-refractivity contribution < 1.29 is 9.53 Å². The molecule has 8 heteroatoms. The van der Waals surface area contributed by atoms with Gasteiger partial charge in [0.2, 0.25) is 5.91 Å². The van der Waals surface area contributed by atoms with Crippen molar-refractivity contribution in [3.05, 3.63) is 24.5 Å². The minimum absolute atomic E-state index is 0. The molecule has 0 bridgehead atoms. The quantitative estimate of drug-likeness (QED) is 0.255. The van der Waals surface area contributed by atoms with Crippen molar-refractivity contribution in [3.63, 3.8) is 0 Å². The van der Waals surface area contributed by atoms with E-state index in [-0.39, 0.29) is 36.4 Å². The number of halogens is 1. The number of hydrogen-bond acceptors (Lipinski definition) is 4. The number of amides is 1. The summed E-state index contributed by atoms with van der Waals surface area (Å²) < 4.78 is 5.24. The monoisotopic (exact) mass is 421 g/mol. The van der Waals surface area contributed by atoms with Crippen LogP contribution in [0.1, 0.15) is 13.3 Å². The number of rotatable bonds is 8. The Hall–Kier alpha value is -1.42. The SMILES string of the molecule is CCOCCCNC(=NC)NCC(=O)Nc1cccnc1.I. The predicted octanol–water partition coefficient (Wildman–Crippen LogP) is 1.23. The van der Waals surface area contributed by atoms with Gasteiger partial charge in [-0.3, -0.25) is 14.8 Å². The summed E-state index contributed by atoms with van der Waals surface area (Å²) in [7, 11) is 1.66. The Labute approximate surface area is 148 Å². The zero-order valence-corrected chi connectivity index (χ0v) is 15.3. The van der Waals surface area contributed by atoms with Crippen LogP contribution in [0.25, 0.3) is 0 Å². The van der Waals surface area contributed by atoms with Gasteiger partial charge in [-0.2, -0.15) is 0 Å². The van der Waals surface area contributed by atoms with E-state index < -0.39 is 0 Å². The molecular weight excluding hydrogens is 397 g/mol. The smallest absolute Gasteiger partial charge is 0.243 e. The summed E-state index contributed by atoms with van der Waals surface area (Å²) in [6.07, 6.45) is 4.14. The molecule has 0 aliphatic rings. The number of carbonyl (C=O) groups excluding carboxylic acids is 1. The second kappa shape index (κ2) is 13.3. The maximum Gasteiger partial charge on any atom is 0.243 e. The van der Waals surface area contributed by atoms with Crippen LogP contribution in [0.5, 0.6) is 0 Å². The number of anilines is 1. The third-order valence-corrected chi connectivity index (χ3v) is 2.55. The Bertz CT molecular complexity index is 442. The largest absolute Gasteiger partial charge is 0.382 e. The van der Waals surface area contributed by atoms with Gasteiger partial charge in [0.05, 0.1) is 18.4 Å². The molecule has 0 saturated carbocycles. The Morgan fingerprint density at radius 1 is 1.41 bits per heavy atom. The zero-order chi connectivity index (χ0) is 15.3. The molecule has 0 radical (unpaired) electrons. The van der Waals surface area contributed by atoms with Crippen molar-refractivity contribution in [2.24, 2.45) is 4.99 Å². The molecule has 124 valence electrons. The summed E-state index contributed by atoms with van der Waals surface area (Å²) in [5.74, 6) is 0.438. The number of guanidine groups is 1. The van der Waals surface area contributed by atoms with Crippen molar-refractivity contribution in [2.75, 3.05) is 38.7 Å². The molecule has 1 aromatic heterocycles. The van der Waals surface area contributed by atoms with Crippen LogP contribution in [-0.4, -0.2) is 50.2 Å². The van der Waals surface area contributed by atoms with Gasteiger partial charge in [-0.15, -0.1) is 24.0 Å². The van der Waals surface area contributed by atoms with E-state index in [0.717, 1.165) is 19.6 Å². The molecule has 1 rings (SSSR count). The molecule has 0 saturated heterocycles. The average molecular weight is 421 g/mol. The Morgan fingerprint density at radius 2 is 2.23 bits per heavy atom. The van der Waals surface area contributed by atoms with Gasteiger partial charge in [-0.1, -0.05) is 0 Å². The number of pyridine rings is 1. The molecule has 3 N–H and O–H groups in total. The normalized spacial score (nSPS) is 10.5. The Kier molecular flexibility index (Phi) is 12.4. The number of ether oxygens (including phenoxy) is 1. The summed E-state index contributed by atoms with van der Waals surface area (Å²) in [4.78, 5) is 19.7. The highest BCUT2D eigenvalue weighted by Gasteiger charge is 2.03. The van der Waals surface area contributed by atoms with Crippen LogP contribution in [-0.2, 0) is 9.53 Å². The van der Waals surface area contributed by atoms with E-state index in [2.05, 4.69) is 25.9 Å². The maximum atomic E-state index is 11.7. The molecule has 1 amide bonds. The highest BCUT2D eigenvalue weighted by molar-refractivity contribution is 14.0. The number of aliphatic imine (C=N–C) groups is 1. The maximum absolute atomic E-state index is 11.7. The van der Waals surface area contributed by atoms with Crippen molar-refractivity contribution in [3.8, 4) is 0 Å². The van der Waals surface area contributed by atoms with Crippen molar-refractivity contribution in [1.82, 2.24) is 15.6 Å². The minimum atomic E-state index is -0.153. The molecular formula is C14H24IN5O2. The fraction of sp³-hybridized carbons (Fsp3) is 0.500. The van der Waals surface area contributed by atoms with Gasteiger partial charge < -0.3 is 20.7 Å². The van der Waals surface area contributed by atoms with Crippen LogP contribution in [0, 0.1) is 0 Å². The van der Waals surface area contributed by atoms with E-state index in [1.807, 2.05) is 6.92 Å². The highest BCUT2D eigenvalue weighted by atomic mass is 127. The van der Waals surface area contributed by atoms with Crippen LogP contribution >= 0.6 is 24.0 Å². The minimum Gasteiger partial charge on any atom is -0.382 e. The molecule has 0 fully saturated rings. The van der Waals surface area contributed by atoms with Crippen molar-refractivity contribution in [2.45, 2.75) is 13.3 Å². The molecule has 22 heavy (non-hydrogen) atoms. The molecule has 0 aliphatic heterocycles. The lowest BCUT2D eigenvalue weighted by Gasteiger charge is -2.11. The molecule has 0 aromatic carbocycles. The van der Waals surface area contributed by atoms with Crippen molar-refractivity contribution in [1.29, 1.82) is 0 Å². The van der Waals surface area contributed by atoms with E-state index in [1.54, 1.807) is 31.6 Å². The second-order valence-corrected chi connectivity index (χ2v) is 4.19. The van der Waals surface area contributed by atoms with Crippen LogP contribution in [0.3, 0.4) is 0 Å². The Balaban J connectivity index is 0.00000441. The van der Waals surface area contributed by atoms with Gasteiger partial charge in [0, 0.05) is 33.0 Å². The van der Waals surface area contributed by atoms with E-state index in [0.29, 0.717) is 18.3 Å². The average Bonchev–Trinajstić information content (AvgIpc) is 2.51. The van der Waals surface area contributed by atoms with Crippen LogP contribution < -0.4 is 16.0 Å². The summed E-state index contributed by atoms with van der Waals surface area (Å²) in [6.45, 7) is 4.28. The van der Waals surface area contributed by atoms with Crippen LogP contribution in [0.4, 0.5) is 5.69 Å². The molecule has 0 atom stereocenters. The summed E-state index contributed by atoms with van der Waals surface area (Å²) in [6, 6.07) is 3.55. The van der Waals surface area contributed by atoms with Crippen LogP contribution in [0.15, 0.2) is 29.5 Å². The number of aromatic nitrogens is 1. The second-order valence-electron chi connectivity index (χ2n) is 4.19. The lowest BCUT2D eigenvalue weighted by atomic mass is 10.4. The van der Waals surface area contributed by atoms with Gasteiger partial charge in [-0.25, -0.2) is 0 Å². The lowest BCUT2D eigenvalue weighted by Crippen LogP contribution is -2.41. The highest BCUT2D eigenvalue weighted by Crippen LogP contribution is 2.01. The van der Waals surface area contributed by atoms with Gasteiger partial charge in [0.1, 0.15) is 0 Å². The topological polar surface area (TPSA) is 87.6 Å². The first-order valence-corrected chi connectivity index (χ1v) is 6.98. The van der Waals surface area contributed by atoms with E-state index >= 15 is 0 Å². The third-order valence-electron chi connectivity index (χ3n) is 2.55. The fourth-order valence-electron chi connectivity index (χ4n) is 1.55. The van der Waals surface area contributed by atoms with Crippen LogP contribution in [0.2, 0.25) is 0 Å². The number of nitrogens with zero attached hydrogens (tertiary/aromatic N) is 2. The number of hydrogen-bond donors (Lipinski definition) is 3. The zero-order valence-electron chi connectivity index (χ0n) is 13.0. The summed E-state index contributed by atoms with van der Waals surface area (Å²) in [5.41, 5.74) is 0.670. The third kappa shape index (κ3) is 9.50. The fourth-order valence-corrected chi connectivity index (χ4v) is 1.55. The predicted molar refractivity (Wildman–Crippen MR) is 98.8 cm³/mol. The summed E-state index contributed by atoms with van der Waals surface area (Å²) in [5, 5.41) is 8.80. The van der Waals surface area contributed by atoms with Gasteiger partial charge in [0.25, 0.3) is 0 Å². The molecule has 7 nitrogen and oxygen atoms in total. The first-order chi connectivity index (χ1) is 10.3. The Morgan fingerprint density at radius 3 is 2.86 bits per heavy atom. The van der Waals surface area contributed by atoms with Gasteiger partial charge in [0.15, 0.2) is 5.96 Å². The van der Waals surface area contributed by atoms with E-state index in [1.165, 1.54) is 0 Å². The standard InChI is InChI=1S/C14H23N5O2.HI/c1-3-21-9-5-8-17-14(15-2)18-11-13(20)19-12-6-4-7-16-10-12;/h4,6-7,10H,3,5,8-9,11H2,1-2H3,(H,19,20)(H2,15,17,18);1H. The molecule has 0 aliphatic carbocycles. The first kappa shape index (κ1) is 20.6. The summed E-state index contributed by atoms with van der Waals surface area (Å²) >= 11 is 0. The molecule has 0 spiro atoms. The number of carbonyl (C=O) groups is 1. The van der Waals surface area contributed by atoms with Crippen molar-refractivity contribution >= 4 is 41.5 Å². The van der Waals surface area contributed by atoms with Gasteiger partial charge >= 0.3 is 0 Å². The van der Waals surface area contributed by atoms with E-state index in [4.69, 9.17) is 4.74 Å². The lowest BCUT2D eigenvalue weighted by molar-refractivity contribution is -0.115. The van der Waals surface area contributed by atoms with Gasteiger partial charge in [-0.05, 0) is 25.5 Å².